The second-order valence-corrected chi connectivity index (χ2v) is 2.86. The third kappa shape index (κ3) is 2.58. The zero-order valence-electron chi connectivity index (χ0n) is 8.05. The summed E-state index contributed by atoms with van der Waals surface area (Å²) in [6.45, 7) is 0. The summed E-state index contributed by atoms with van der Waals surface area (Å²) in [6.07, 6.45) is 1.74. The second-order valence-electron chi connectivity index (χ2n) is 2.86. The largest absolute Gasteiger partial charge is 0.403 e. The topological polar surface area (TPSA) is 78.9 Å². The fourth-order valence-electron chi connectivity index (χ4n) is 1.26. The van der Waals surface area contributed by atoms with Crippen molar-refractivity contribution in [2.75, 3.05) is 0 Å². The molecule has 76 valence electrons. The first kappa shape index (κ1) is 10.8. The Labute approximate surface area is 88.0 Å². The Balaban J connectivity index is 2.99. The van der Waals surface area contributed by atoms with E-state index in [-0.39, 0.29) is 0 Å². The number of carbonyl (C=O) groups is 1. The molecule has 0 fully saturated rings. The standard InChI is InChI=1S/C11H11N3O/c12-6-10(11(7-13)14-8-15)9-4-2-1-3-5-9/h1-5,7-8,10H,13H2,(H,14,15). The van der Waals surface area contributed by atoms with E-state index in [1.54, 1.807) is 0 Å². The molecule has 4 nitrogen and oxygen atoms in total. The number of benzene rings is 1. The molecular weight excluding hydrogens is 190 g/mol. The van der Waals surface area contributed by atoms with Gasteiger partial charge in [0, 0.05) is 6.20 Å². The quantitative estimate of drug-likeness (QED) is 0.708. The van der Waals surface area contributed by atoms with Crippen molar-refractivity contribution in [3.63, 3.8) is 0 Å². The smallest absolute Gasteiger partial charge is 0.211 e. The highest BCUT2D eigenvalue weighted by molar-refractivity contribution is 5.52. The summed E-state index contributed by atoms with van der Waals surface area (Å²) in [5.74, 6) is -0.540. The van der Waals surface area contributed by atoms with Crippen LogP contribution >= 0.6 is 0 Å². The summed E-state index contributed by atoms with van der Waals surface area (Å²) in [7, 11) is 0. The van der Waals surface area contributed by atoms with Gasteiger partial charge in [-0.1, -0.05) is 30.3 Å². The van der Waals surface area contributed by atoms with E-state index >= 15 is 0 Å². The van der Waals surface area contributed by atoms with Gasteiger partial charge in [0.15, 0.2) is 0 Å². The average Bonchev–Trinajstić information content (AvgIpc) is 2.30. The van der Waals surface area contributed by atoms with Gasteiger partial charge in [0.25, 0.3) is 0 Å². The molecule has 0 spiro atoms. The Kier molecular flexibility index (Phi) is 3.92. The van der Waals surface area contributed by atoms with Crippen LogP contribution in [0.15, 0.2) is 42.2 Å². The van der Waals surface area contributed by atoms with Crippen molar-refractivity contribution < 1.29 is 4.79 Å². The molecule has 1 rings (SSSR count). The molecule has 0 aliphatic carbocycles. The monoisotopic (exact) mass is 201 g/mol. The predicted octanol–water partition coefficient (Wildman–Crippen LogP) is 0.840. The molecule has 4 heteroatoms. The van der Waals surface area contributed by atoms with Crippen LogP contribution in [0.25, 0.3) is 0 Å². The lowest BCUT2D eigenvalue weighted by Gasteiger charge is -2.11. The normalized spacial score (nSPS) is 12.6. The third-order valence-corrected chi connectivity index (χ3v) is 1.98. The minimum atomic E-state index is -0.540. The number of nitrogens with two attached hydrogens (primary N) is 1. The van der Waals surface area contributed by atoms with Crippen LogP contribution in [-0.2, 0) is 4.79 Å². The molecular formula is C11H11N3O. The fraction of sp³-hybridized carbons (Fsp3) is 0.0909. The number of nitrogens with one attached hydrogen (secondary N) is 1. The van der Waals surface area contributed by atoms with Gasteiger partial charge in [0.1, 0.15) is 5.92 Å². The van der Waals surface area contributed by atoms with Crippen LogP contribution in [0.1, 0.15) is 11.5 Å². The summed E-state index contributed by atoms with van der Waals surface area (Å²) in [6, 6.07) is 11.2. The number of carbonyl (C=O) groups excluding carboxylic acids is 1. The molecule has 1 atom stereocenters. The maximum Gasteiger partial charge on any atom is 0.211 e. The molecule has 1 amide bonds. The van der Waals surface area contributed by atoms with Gasteiger partial charge in [-0.05, 0) is 5.56 Å². The summed E-state index contributed by atoms with van der Waals surface area (Å²) in [5.41, 5.74) is 6.52. The molecule has 0 saturated carbocycles. The van der Waals surface area contributed by atoms with Crippen molar-refractivity contribution in [1.82, 2.24) is 5.32 Å². The van der Waals surface area contributed by atoms with E-state index in [9.17, 15) is 4.79 Å². The second kappa shape index (κ2) is 5.45. The van der Waals surface area contributed by atoms with Gasteiger partial charge >= 0.3 is 0 Å². The summed E-state index contributed by atoms with van der Waals surface area (Å²) < 4.78 is 0. The first-order valence-electron chi connectivity index (χ1n) is 4.40. The first-order valence-corrected chi connectivity index (χ1v) is 4.40. The number of rotatable bonds is 4. The fourth-order valence-corrected chi connectivity index (χ4v) is 1.26. The van der Waals surface area contributed by atoms with Gasteiger partial charge in [-0.25, -0.2) is 0 Å². The van der Waals surface area contributed by atoms with E-state index in [1.165, 1.54) is 6.20 Å². The molecule has 0 bridgehead atoms. The van der Waals surface area contributed by atoms with Gasteiger partial charge in [0.05, 0.1) is 11.8 Å². The van der Waals surface area contributed by atoms with Crippen molar-refractivity contribution in [2.24, 2.45) is 5.73 Å². The minimum Gasteiger partial charge on any atom is -0.403 e. The lowest BCUT2D eigenvalue weighted by molar-refractivity contribution is -0.109. The molecule has 0 heterocycles. The number of hydrogen-bond donors (Lipinski definition) is 2. The molecule has 0 saturated heterocycles. The lowest BCUT2D eigenvalue weighted by atomic mass is 9.97. The van der Waals surface area contributed by atoms with Crippen molar-refractivity contribution >= 4 is 6.41 Å². The van der Waals surface area contributed by atoms with Crippen LogP contribution in [-0.4, -0.2) is 6.41 Å². The lowest BCUT2D eigenvalue weighted by Crippen LogP contribution is -2.18. The molecule has 15 heavy (non-hydrogen) atoms. The van der Waals surface area contributed by atoms with Crippen LogP contribution in [0.5, 0.6) is 0 Å². The van der Waals surface area contributed by atoms with Gasteiger partial charge in [0.2, 0.25) is 6.41 Å². The van der Waals surface area contributed by atoms with Crippen LogP contribution in [0, 0.1) is 11.3 Å². The first-order chi connectivity index (χ1) is 7.33. The number of nitriles is 1. The molecule has 3 N–H and O–H groups in total. The molecule has 1 aromatic rings. The average molecular weight is 201 g/mol. The number of hydrogen-bond acceptors (Lipinski definition) is 3. The van der Waals surface area contributed by atoms with Gasteiger partial charge in [-0.3, -0.25) is 4.79 Å². The van der Waals surface area contributed by atoms with Crippen molar-refractivity contribution in [2.45, 2.75) is 5.92 Å². The van der Waals surface area contributed by atoms with Crippen molar-refractivity contribution in [1.29, 1.82) is 5.26 Å². The van der Waals surface area contributed by atoms with E-state index < -0.39 is 5.92 Å². The number of nitrogens with zero attached hydrogens (tertiary/aromatic N) is 1. The Bertz CT molecular complexity index is 392. The zero-order valence-corrected chi connectivity index (χ0v) is 8.05. The summed E-state index contributed by atoms with van der Waals surface area (Å²) >= 11 is 0. The molecule has 0 aliphatic rings. The van der Waals surface area contributed by atoms with E-state index in [0.717, 1.165) is 5.56 Å². The van der Waals surface area contributed by atoms with Gasteiger partial charge in [-0.15, -0.1) is 0 Å². The summed E-state index contributed by atoms with van der Waals surface area (Å²) in [4.78, 5) is 10.3. The molecule has 1 unspecified atom stereocenters. The highest BCUT2D eigenvalue weighted by Gasteiger charge is 2.14. The highest BCUT2D eigenvalue weighted by atomic mass is 16.1. The molecule has 0 radical (unpaired) electrons. The van der Waals surface area contributed by atoms with Crippen LogP contribution in [0.4, 0.5) is 0 Å². The maximum atomic E-state index is 10.3. The Morgan fingerprint density at radius 3 is 2.60 bits per heavy atom. The van der Waals surface area contributed by atoms with Gasteiger partial charge < -0.3 is 11.1 Å². The SMILES string of the molecule is N#CC(C(=CN)NC=O)c1ccccc1. The van der Waals surface area contributed by atoms with Gasteiger partial charge in [-0.2, -0.15) is 5.26 Å². The minimum absolute atomic E-state index is 0.388. The maximum absolute atomic E-state index is 10.3. The third-order valence-electron chi connectivity index (χ3n) is 1.98. The van der Waals surface area contributed by atoms with Crippen LogP contribution in [0.2, 0.25) is 0 Å². The molecule has 0 aromatic heterocycles. The highest BCUT2D eigenvalue weighted by Crippen LogP contribution is 2.20. The molecule has 0 aliphatic heterocycles. The van der Waals surface area contributed by atoms with E-state index in [0.29, 0.717) is 12.1 Å². The zero-order chi connectivity index (χ0) is 11.1. The Morgan fingerprint density at radius 2 is 2.13 bits per heavy atom. The van der Waals surface area contributed by atoms with E-state index in [4.69, 9.17) is 11.0 Å². The molecule has 1 aromatic carbocycles. The Morgan fingerprint density at radius 1 is 1.47 bits per heavy atom. The van der Waals surface area contributed by atoms with E-state index in [1.807, 2.05) is 30.3 Å². The Hall–Kier alpha value is -2.28. The number of allylic oxidation sites excluding steroid dienone is 1. The van der Waals surface area contributed by atoms with Crippen LogP contribution in [0.3, 0.4) is 0 Å². The van der Waals surface area contributed by atoms with Crippen molar-refractivity contribution in [3.05, 3.63) is 47.8 Å². The van der Waals surface area contributed by atoms with Crippen LogP contribution < -0.4 is 11.1 Å². The number of amides is 1. The predicted molar refractivity (Wildman–Crippen MR) is 56.3 cm³/mol. The van der Waals surface area contributed by atoms with Crippen molar-refractivity contribution in [3.8, 4) is 6.07 Å². The van der Waals surface area contributed by atoms with E-state index in [2.05, 4.69) is 11.4 Å². The summed E-state index contributed by atoms with van der Waals surface area (Å²) in [5, 5.41) is 11.4.